The predicted molar refractivity (Wildman–Crippen MR) is 111 cm³/mol. The smallest absolute Gasteiger partial charge is 0.204 e. The zero-order valence-electron chi connectivity index (χ0n) is 16.1. The fourth-order valence-electron chi connectivity index (χ4n) is 3.79. The molecule has 0 radical (unpaired) electrons. The van der Waals surface area contributed by atoms with E-state index in [0.29, 0.717) is 12.4 Å². The van der Waals surface area contributed by atoms with Crippen LogP contribution in [0.5, 0.6) is 11.5 Å². The molecule has 0 spiro atoms. The standard InChI is InChI=1S/C22H19N5O2/c1-28-16-9-14(10-17(12-16)29-2)13-27-20-6-4-3-5-18(20)19-11-15(7-8-21(19)27)22-23-25-26-24-22/h3-12H,13H2,1-2H3,(H,23,24,25,26). The molecule has 0 saturated carbocycles. The van der Waals surface area contributed by atoms with E-state index in [4.69, 9.17) is 9.47 Å². The van der Waals surface area contributed by atoms with Crippen molar-refractivity contribution in [3.8, 4) is 22.9 Å². The number of ether oxygens (including phenoxy) is 2. The molecule has 2 aromatic heterocycles. The predicted octanol–water partition coefficient (Wildman–Crippen LogP) is 4.04. The third-order valence-electron chi connectivity index (χ3n) is 5.13. The number of aromatic nitrogens is 5. The summed E-state index contributed by atoms with van der Waals surface area (Å²) in [5.41, 5.74) is 4.33. The van der Waals surface area contributed by atoms with Crippen molar-refractivity contribution in [1.29, 1.82) is 0 Å². The van der Waals surface area contributed by atoms with Crippen LogP contribution in [-0.2, 0) is 6.54 Å². The van der Waals surface area contributed by atoms with Crippen LogP contribution in [0.25, 0.3) is 33.2 Å². The van der Waals surface area contributed by atoms with Crippen molar-refractivity contribution in [1.82, 2.24) is 25.2 Å². The van der Waals surface area contributed by atoms with Gasteiger partial charge in [-0.15, -0.1) is 10.2 Å². The number of nitrogens with one attached hydrogen (secondary N) is 1. The van der Waals surface area contributed by atoms with Crippen molar-refractivity contribution < 1.29 is 9.47 Å². The normalized spacial score (nSPS) is 11.2. The Labute approximate surface area is 166 Å². The van der Waals surface area contributed by atoms with Gasteiger partial charge in [0.15, 0.2) is 0 Å². The molecule has 144 valence electrons. The molecule has 0 fully saturated rings. The van der Waals surface area contributed by atoms with Crippen LogP contribution >= 0.6 is 0 Å². The Morgan fingerprint density at radius 2 is 1.62 bits per heavy atom. The van der Waals surface area contributed by atoms with Gasteiger partial charge in [-0.3, -0.25) is 0 Å². The summed E-state index contributed by atoms with van der Waals surface area (Å²) >= 11 is 0. The fraction of sp³-hybridized carbons (Fsp3) is 0.136. The molecule has 0 bridgehead atoms. The van der Waals surface area contributed by atoms with Crippen LogP contribution in [-0.4, -0.2) is 39.4 Å². The number of methoxy groups -OCH3 is 2. The van der Waals surface area contributed by atoms with E-state index in [-0.39, 0.29) is 0 Å². The fourth-order valence-corrected chi connectivity index (χ4v) is 3.79. The summed E-state index contributed by atoms with van der Waals surface area (Å²) in [5, 5.41) is 16.7. The highest BCUT2D eigenvalue weighted by atomic mass is 16.5. The zero-order valence-corrected chi connectivity index (χ0v) is 16.1. The third kappa shape index (κ3) is 2.97. The maximum absolute atomic E-state index is 5.44. The van der Waals surface area contributed by atoms with Crippen LogP contribution in [0.2, 0.25) is 0 Å². The molecule has 0 atom stereocenters. The summed E-state index contributed by atoms with van der Waals surface area (Å²) in [4.78, 5) is 0. The molecular weight excluding hydrogens is 366 g/mol. The van der Waals surface area contributed by atoms with Gasteiger partial charge in [-0.05, 0) is 47.2 Å². The lowest BCUT2D eigenvalue weighted by molar-refractivity contribution is 0.393. The van der Waals surface area contributed by atoms with Crippen molar-refractivity contribution >= 4 is 21.8 Å². The van der Waals surface area contributed by atoms with Crippen molar-refractivity contribution in [3.05, 3.63) is 66.2 Å². The minimum Gasteiger partial charge on any atom is -0.497 e. The Morgan fingerprint density at radius 3 is 2.34 bits per heavy atom. The number of nitrogens with zero attached hydrogens (tertiary/aromatic N) is 4. The Bertz CT molecular complexity index is 1290. The highest BCUT2D eigenvalue weighted by Crippen LogP contribution is 2.33. The Balaban J connectivity index is 1.69. The molecule has 0 aliphatic carbocycles. The molecule has 0 amide bonds. The van der Waals surface area contributed by atoms with E-state index >= 15 is 0 Å². The van der Waals surface area contributed by atoms with Gasteiger partial charge < -0.3 is 14.0 Å². The van der Waals surface area contributed by atoms with Crippen LogP contribution in [0.15, 0.2) is 60.7 Å². The Hall–Kier alpha value is -3.87. The number of rotatable bonds is 5. The number of benzene rings is 3. The second kappa shape index (κ2) is 6.94. The molecule has 7 heteroatoms. The van der Waals surface area contributed by atoms with Gasteiger partial charge in [0, 0.05) is 40.0 Å². The summed E-state index contributed by atoms with van der Waals surface area (Å²) in [7, 11) is 3.33. The number of tetrazole rings is 1. The minimum absolute atomic E-state index is 0.585. The monoisotopic (exact) mass is 385 g/mol. The first-order chi connectivity index (χ1) is 14.3. The van der Waals surface area contributed by atoms with Gasteiger partial charge in [0.1, 0.15) is 11.5 Å². The van der Waals surface area contributed by atoms with Gasteiger partial charge in [0.2, 0.25) is 5.82 Å². The summed E-state index contributed by atoms with van der Waals surface area (Å²) in [6.07, 6.45) is 0. The highest BCUT2D eigenvalue weighted by Gasteiger charge is 2.14. The molecule has 0 aliphatic heterocycles. The van der Waals surface area contributed by atoms with Crippen LogP contribution in [0.3, 0.4) is 0 Å². The van der Waals surface area contributed by atoms with Crippen LogP contribution in [0.4, 0.5) is 0 Å². The number of para-hydroxylation sites is 1. The van der Waals surface area contributed by atoms with Crippen molar-refractivity contribution in [2.24, 2.45) is 0 Å². The lowest BCUT2D eigenvalue weighted by Gasteiger charge is -2.11. The lowest BCUT2D eigenvalue weighted by Crippen LogP contribution is -2.00. The zero-order chi connectivity index (χ0) is 19.8. The second-order valence-electron chi connectivity index (χ2n) is 6.79. The van der Waals surface area contributed by atoms with Gasteiger partial charge >= 0.3 is 0 Å². The maximum Gasteiger partial charge on any atom is 0.204 e. The average molecular weight is 385 g/mol. The van der Waals surface area contributed by atoms with Gasteiger partial charge in [-0.1, -0.05) is 18.2 Å². The highest BCUT2D eigenvalue weighted by molar-refractivity contribution is 6.09. The van der Waals surface area contributed by atoms with E-state index in [1.807, 2.05) is 24.3 Å². The summed E-state index contributed by atoms with van der Waals surface area (Å²) in [6.45, 7) is 0.694. The molecule has 0 aliphatic rings. The van der Waals surface area contributed by atoms with E-state index in [1.54, 1.807) is 14.2 Å². The van der Waals surface area contributed by atoms with Crippen molar-refractivity contribution in [3.63, 3.8) is 0 Å². The Kier molecular flexibility index (Phi) is 4.13. The molecule has 5 aromatic rings. The number of hydrogen-bond donors (Lipinski definition) is 1. The van der Waals surface area contributed by atoms with Crippen LogP contribution < -0.4 is 9.47 Å². The topological polar surface area (TPSA) is 77.9 Å². The largest absolute Gasteiger partial charge is 0.497 e. The number of aromatic amines is 1. The summed E-state index contributed by atoms with van der Waals surface area (Å²) in [6, 6.07) is 20.6. The molecule has 0 unspecified atom stereocenters. The molecular formula is C22H19N5O2. The molecule has 0 saturated heterocycles. The Morgan fingerprint density at radius 1 is 0.862 bits per heavy atom. The molecule has 29 heavy (non-hydrogen) atoms. The van der Waals surface area contributed by atoms with E-state index in [0.717, 1.165) is 39.0 Å². The number of fused-ring (bicyclic) bond motifs is 3. The first kappa shape index (κ1) is 17.2. The quantitative estimate of drug-likeness (QED) is 0.494. The minimum atomic E-state index is 0.585. The van der Waals surface area contributed by atoms with Gasteiger partial charge in [0.25, 0.3) is 0 Å². The van der Waals surface area contributed by atoms with Crippen LogP contribution in [0.1, 0.15) is 5.56 Å². The van der Waals surface area contributed by atoms with Gasteiger partial charge in [-0.2, -0.15) is 5.21 Å². The van der Waals surface area contributed by atoms with Crippen molar-refractivity contribution in [2.75, 3.05) is 14.2 Å². The van der Waals surface area contributed by atoms with E-state index in [2.05, 4.69) is 61.6 Å². The van der Waals surface area contributed by atoms with Gasteiger partial charge in [0.05, 0.1) is 14.2 Å². The second-order valence-corrected chi connectivity index (χ2v) is 6.79. The molecule has 2 heterocycles. The number of hydrogen-bond acceptors (Lipinski definition) is 5. The third-order valence-corrected chi connectivity index (χ3v) is 5.13. The summed E-state index contributed by atoms with van der Waals surface area (Å²) in [5.74, 6) is 2.14. The van der Waals surface area contributed by atoms with Crippen molar-refractivity contribution in [2.45, 2.75) is 6.54 Å². The summed E-state index contributed by atoms with van der Waals surface area (Å²) < 4.78 is 13.2. The van der Waals surface area contributed by atoms with E-state index < -0.39 is 0 Å². The van der Waals surface area contributed by atoms with E-state index in [1.165, 1.54) is 5.39 Å². The van der Waals surface area contributed by atoms with E-state index in [9.17, 15) is 0 Å². The van der Waals surface area contributed by atoms with Gasteiger partial charge in [-0.25, -0.2) is 0 Å². The lowest BCUT2D eigenvalue weighted by atomic mass is 10.1. The van der Waals surface area contributed by atoms with Crippen LogP contribution in [0, 0.1) is 0 Å². The number of H-pyrrole nitrogens is 1. The molecule has 3 aromatic carbocycles. The first-order valence-electron chi connectivity index (χ1n) is 9.23. The maximum atomic E-state index is 5.44. The molecule has 5 rings (SSSR count). The average Bonchev–Trinajstić information content (AvgIpc) is 3.41. The SMILES string of the molecule is COc1cc(Cn2c3ccccc3c3cc(-c4nn[nH]n4)ccc32)cc(OC)c1. The molecule has 7 nitrogen and oxygen atoms in total. The first-order valence-corrected chi connectivity index (χ1v) is 9.23. The molecule has 1 N–H and O–H groups in total.